The van der Waals surface area contributed by atoms with E-state index in [0.29, 0.717) is 13.0 Å². The second-order valence-electron chi connectivity index (χ2n) is 3.19. The van der Waals surface area contributed by atoms with Crippen molar-refractivity contribution in [2.75, 3.05) is 0 Å². The van der Waals surface area contributed by atoms with Gasteiger partial charge in [0.05, 0.1) is 12.0 Å². The average Bonchev–Trinajstić information content (AvgIpc) is 2.76. The summed E-state index contributed by atoms with van der Waals surface area (Å²) in [6, 6.07) is 3.83. The van der Waals surface area contributed by atoms with Crippen LogP contribution in [0, 0.1) is 0 Å². The Bertz CT molecular complexity index is 436. The first-order valence-corrected chi connectivity index (χ1v) is 4.76. The lowest BCUT2D eigenvalue weighted by Gasteiger charge is -1.95. The van der Waals surface area contributed by atoms with Gasteiger partial charge in [-0.05, 0) is 12.1 Å². The molecule has 0 aliphatic rings. The van der Waals surface area contributed by atoms with Gasteiger partial charge in [0.15, 0.2) is 0 Å². The molecule has 0 aliphatic heterocycles. The minimum atomic E-state index is 0.517. The second kappa shape index (κ2) is 4.50. The highest BCUT2D eigenvalue weighted by atomic mass is 16.1. The van der Waals surface area contributed by atoms with Crippen LogP contribution in [0.2, 0.25) is 0 Å². The molecule has 0 amide bonds. The summed E-state index contributed by atoms with van der Waals surface area (Å²) in [4.78, 5) is 18.5. The molecule has 0 spiro atoms. The van der Waals surface area contributed by atoms with E-state index in [9.17, 15) is 4.79 Å². The van der Waals surface area contributed by atoms with Crippen molar-refractivity contribution in [3.05, 3.63) is 37.1 Å². The SMILES string of the molecule is O=CCCn1cnc(-c2cccnc2)c1. The lowest BCUT2D eigenvalue weighted by molar-refractivity contribution is -0.108. The van der Waals surface area contributed by atoms with Crippen LogP contribution in [0.3, 0.4) is 0 Å². The molecule has 2 heterocycles. The molecule has 2 aromatic rings. The van der Waals surface area contributed by atoms with Gasteiger partial charge in [0, 0.05) is 37.1 Å². The number of hydrogen-bond donors (Lipinski definition) is 0. The maximum absolute atomic E-state index is 10.2. The summed E-state index contributed by atoms with van der Waals surface area (Å²) in [5.74, 6) is 0. The van der Waals surface area contributed by atoms with Gasteiger partial charge in [-0.25, -0.2) is 4.98 Å². The molecule has 76 valence electrons. The zero-order valence-electron chi connectivity index (χ0n) is 8.21. The van der Waals surface area contributed by atoms with Crippen LogP contribution in [0.4, 0.5) is 0 Å². The number of imidazole rings is 1. The summed E-state index contributed by atoms with van der Waals surface area (Å²) in [6.45, 7) is 0.677. The monoisotopic (exact) mass is 201 g/mol. The number of carbonyl (C=O) groups is 1. The summed E-state index contributed by atoms with van der Waals surface area (Å²) in [7, 11) is 0. The van der Waals surface area contributed by atoms with Gasteiger partial charge in [-0.1, -0.05) is 0 Å². The Morgan fingerprint density at radius 3 is 3.13 bits per heavy atom. The van der Waals surface area contributed by atoms with E-state index < -0.39 is 0 Å². The molecule has 0 unspecified atom stereocenters. The number of rotatable bonds is 4. The predicted molar refractivity (Wildman–Crippen MR) is 56.1 cm³/mol. The molecule has 0 saturated carbocycles. The van der Waals surface area contributed by atoms with Crippen LogP contribution in [0.25, 0.3) is 11.3 Å². The molecule has 0 radical (unpaired) electrons. The molecule has 2 rings (SSSR count). The van der Waals surface area contributed by atoms with Gasteiger partial charge in [-0.2, -0.15) is 0 Å². The number of carbonyl (C=O) groups excluding carboxylic acids is 1. The van der Waals surface area contributed by atoms with Gasteiger partial charge in [-0.3, -0.25) is 4.98 Å². The Hall–Kier alpha value is -1.97. The van der Waals surface area contributed by atoms with E-state index in [0.717, 1.165) is 17.5 Å². The van der Waals surface area contributed by atoms with Crippen molar-refractivity contribution >= 4 is 6.29 Å². The molecule has 0 fully saturated rings. The van der Waals surface area contributed by atoms with Crippen molar-refractivity contribution in [2.24, 2.45) is 0 Å². The molecule has 4 nitrogen and oxygen atoms in total. The third-order valence-corrected chi connectivity index (χ3v) is 2.10. The number of aromatic nitrogens is 3. The summed E-state index contributed by atoms with van der Waals surface area (Å²) in [6.07, 6.45) is 8.57. The van der Waals surface area contributed by atoms with E-state index in [-0.39, 0.29) is 0 Å². The van der Waals surface area contributed by atoms with E-state index in [1.165, 1.54) is 0 Å². The number of aldehydes is 1. The van der Waals surface area contributed by atoms with Crippen LogP contribution >= 0.6 is 0 Å². The molecule has 0 atom stereocenters. The summed E-state index contributed by atoms with van der Waals surface area (Å²) in [5.41, 5.74) is 1.87. The number of pyridine rings is 1. The van der Waals surface area contributed by atoms with Crippen LogP contribution in [0.5, 0.6) is 0 Å². The fourth-order valence-corrected chi connectivity index (χ4v) is 1.35. The first kappa shape index (κ1) is 9.58. The van der Waals surface area contributed by atoms with Crippen LogP contribution in [0.15, 0.2) is 37.1 Å². The van der Waals surface area contributed by atoms with Crippen molar-refractivity contribution < 1.29 is 4.79 Å². The van der Waals surface area contributed by atoms with E-state index in [1.807, 2.05) is 22.9 Å². The van der Waals surface area contributed by atoms with Crippen LogP contribution in [0.1, 0.15) is 6.42 Å². The number of nitrogens with zero attached hydrogens (tertiary/aromatic N) is 3. The lowest BCUT2D eigenvalue weighted by atomic mass is 10.2. The Morgan fingerprint density at radius 2 is 2.40 bits per heavy atom. The highest BCUT2D eigenvalue weighted by Crippen LogP contribution is 2.14. The first-order valence-electron chi connectivity index (χ1n) is 4.76. The highest BCUT2D eigenvalue weighted by Gasteiger charge is 2.00. The molecular weight excluding hydrogens is 190 g/mol. The molecule has 0 aliphatic carbocycles. The van der Waals surface area contributed by atoms with E-state index in [4.69, 9.17) is 0 Å². The third kappa shape index (κ3) is 2.28. The zero-order valence-corrected chi connectivity index (χ0v) is 8.21. The standard InChI is InChI=1S/C11H11N3O/c15-6-2-5-14-8-11(13-9-14)10-3-1-4-12-7-10/h1,3-4,6-9H,2,5H2. The fourth-order valence-electron chi connectivity index (χ4n) is 1.35. The van der Waals surface area contributed by atoms with E-state index >= 15 is 0 Å². The van der Waals surface area contributed by atoms with Crippen molar-refractivity contribution in [2.45, 2.75) is 13.0 Å². The Morgan fingerprint density at radius 1 is 1.47 bits per heavy atom. The van der Waals surface area contributed by atoms with Gasteiger partial charge >= 0.3 is 0 Å². The smallest absolute Gasteiger partial charge is 0.121 e. The molecule has 0 saturated heterocycles. The third-order valence-electron chi connectivity index (χ3n) is 2.10. The topological polar surface area (TPSA) is 47.8 Å². The van der Waals surface area contributed by atoms with E-state index in [2.05, 4.69) is 9.97 Å². The number of aryl methyl sites for hydroxylation is 1. The van der Waals surface area contributed by atoms with Crippen LogP contribution < -0.4 is 0 Å². The lowest BCUT2D eigenvalue weighted by Crippen LogP contribution is -1.93. The minimum absolute atomic E-state index is 0.517. The molecule has 2 aromatic heterocycles. The fraction of sp³-hybridized carbons (Fsp3) is 0.182. The van der Waals surface area contributed by atoms with Crippen molar-refractivity contribution in [3.8, 4) is 11.3 Å². The summed E-state index contributed by atoms with van der Waals surface area (Å²) in [5, 5.41) is 0. The molecule has 0 bridgehead atoms. The van der Waals surface area contributed by atoms with Crippen molar-refractivity contribution in [3.63, 3.8) is 0 Å². The van der Waals surface area contributed by atoms with Crippen LogP contribution in [-0.2, 0) is 11.3 Å². The largest absolute Gasteiger partial charge is 0.336 e. The van der Waals surface area contributed by atoms with Crippen molar-refractivity contribution in [1.29, 1.82) is 0 Å². The second-order valence-corrected chi connectivity index (χ2v) is 3.19. The highest BCUT2D eigenvalue weighted by molar-refractivity contribution is 5.56. The summed E-state index contributed by atoms with van der Waals surface area (Å²) >= 11 is 0. The Labute approximate surface area is 87.6 Å². The van der Waals surface area contributed by atoms with Gasteiger partial charge in [-0.15, -0.1) is 0 Å². The molecule has 0 N–H and O–H groups in total. The van der Waals surface area contributed by atoms with Gasteiger partial charge < -0.3 is 9.36 Å². The maximum Gasteiger partial charge on any atom is 0.121 e. The minimum Gasteiger partial charge on any atom is -0.336 e. The van der Waals surface area contributed by atoms with Crippen molar-refractivity contribution in [1.82, 2.24) is 14.5 Å². The quantitative estimate of drug-likeness (QED) is 0.705. The van der Waals surface area contributed by atoms with Gasteiger partial charge in [0.2, 0.25) is 0 Å². The molecule has 15 heavy (non-hydrogen) atoms. The first-order chi connectivity index (χ1) is 7.40. The number of hydrogen-bond acceptors (Lipinski definition) is 3. The molecule has 0 aromatic carbocycles. The zero-order chi connectivity index (χ0) is 10.5. The normalized spacial score (nSPS) is 10.1. The summed E-state index contributed by atoms with van der Waals surface area (Å²) < 4.78 is 1.90. The van der Waals surface area contributed by atoms with Gasteiger partial charge in [0.1, 0.15) is 6.29 Å². The maximum atomic E-state index is 10.2. The predicted octanol–water partition coefficient (Wildman–Crippen LogP) is 1.53. The Balaban J connectivity index is 2.17. The Kier molecular flexibility index (Phi) is 2.88. The van der Waals surface area contributed by atoms with E-state index in [1.54, 1.807) is 18.7 Å². The van der Waals surface area contributed by atoms with Gasteiger partial charge in [0.25, 0.3) is 0 Å². The molecular formula is C11H11N3O. The molecule has 4 heteroatoms. The van der Waals surface area contributed by atoms with Crippen LogP contribution in [-0.4, -0.2) is 20.8 Å². The average molecular weight is 201 g/mol.